The highest BCUT2D eigenvalue weighted by atomic mass is 19.2. The van der Waals surface area contributed by atoms with Gasteiger partial charge in [-0.2, -0.15) is 0 Å². The van der Waals surface area contributed by atoms with E-state index in [1.165, 1.54) is 6.07 Å². The fraction of sp³-hybridized carbons (Fsp3) is 0.450. The number of imidazole rings is 1. The minimum atomic E-state index is -0.925. The van der Waals surface area contributed by atoms with Crippen LogP contribution in [0.2, 0.25) is 0 Å². The molecule has 8 heteroatoms. The van der Waals surface area contributed by atoms with E-state index in [0.29, 0.717) is 37.3 Å². The van der Waals surface area contributed by atoms with Gasteiger partial charge in [-0.3, -0.25) is 9.59 Å². The molecule has 150 valence electrons. The van der Waals surface area contributed by atoms with Gasteiger partial charge in [0.25, 0.3) is 5.91 Å². The lowest BCUT2D eigenvalue weighted by molar-refractivity contribution is -0.121. The van der Waals surface area contributed by atoms with Crippen LogP contribution in [0.1, 0.15) is 47.6 Å². The van der Waals surface area contributed by atoms with Gasteiger partial charge in [0.05, 0.1) is 0 Å². The highest BCUT2D eigenvalue weighted by Crippen LogP contribution is 2.22. The Morgan fingerprint density at radius 3 is 2.86 bits per heavy atom. The standard InChI is InChI=1S/C20H24F2N4O2/c1-13-10-24-19(25-13)20(28)26-8-2-3-14(12-26)5-7-18(27)23-11-15-4-6-16(21)17(22)9-15/h4,6,9-10,14H,2-3,5,7-8,11-12H2,1H3,(H,23,27)(H,24,25)/t14-/m1/s1. The Balaban J connectivity index is 1.44. The lowest BCUT2D eigenvalue weighted by Gasteiger charge is -2.32. The molecule has 1 aliphatic heterocycles. The van der Waals surface area contributed by atoms with Crippen molar-refractivity contribution in [3.8, 4) is 0 Å². The van der Waals surface area contributed by atoms with E-state index in [4.69, 9.17) is 0 Å². The molecular formula is C20H24F2N4O2. The van der Waals surface area contributed by atoms with Crippen LogP contribution >= 0.6 is 0 Å². The van der Waals surface area contributed by atoms with Crippen LogP contribution < -0.4 is 5.32 Å². The van der Waals surface area contributed by atoms with Crippen molar-refractivity contribution in [1.29, 1.82) is 0 Å². The number of piperidine rings is 1. The maximum absolute atomic E-state index is 13.2. The molecule has 1 aromatic heterocycles. The molecule has 0 aliphatic carbocycles. The maximum Gasteiger partial charge on any atom is 0.289 e. The van der Waals surface area contributed by atoms with E-state index >= 15 is 0 Å². The third-order valence-corrected chi connectivity index (χ3v) is 4.96. The number of benzene rings is 1. The normalized spacial score (nSPS) is 16.8. The van der Waals surface area contributed by atoms with E-state index in [2.05, 4.69) is 15.3 Å². The van der Waals surface area contributed by atoms with Gasteiger partial charge in [-0.25, -0.2) is 13.8 Å². The van der Waals surface area contributed by atoms with Gasteiger partial charge in [-0.1, -0.05) is 6.07 Å². The smallest absolute Gasteiger partial charge is 0.289 e. The number of H-pyrrole nitrogens is 1. The van der Waals surface area contributed by atoms with Crippen molar-refractivity contribution in [3.63, 3.8) is 0 Å². The summed E-state index contributed by atoms with van der Waals surface area (Å²) in [6, 6.07) is 3.57. The average Bonchev–Trinajstić information content (AvgIpc) is 3.13. The van der Waals surface area contributed by atoms with Crippen molar-refractivity contribution in [2.75, 3.05) is 13.1 Å². The van der Waals surface area contributed by atoms with E-state index in [9.17, 15) is 18.4 Å². The second-order valence-corrected chi connectivity index (χ2v) is 7.24. The monoisotopic (exact) mass is 390 g/mol. The van der Waals surface area contributed by atoms with Crippen LogP contribution in [0.5, 0.6) is 0 Å². The SMILES string of the molecule is Cc1cnc(C(=O)N2CCC[C@H](CCC(=O)NCc3ccc(F)c(F)c3)C2)[nH]1. The van der Waals surface area contributed by atoms with Crippen molar-refractivity contribution in [2.45, 2.75) is 39.2 Å². The number of nitrogens with one attached hydrogen (secondary N) is 2. The molecule has 1 atom stereocenters. The molecule has 0 saturated carbocycles. The summed E-state index contributed by atoms with van der Waals surface area (Å²) in [7, 11) is 0. The van der Waals surface area contributed by atoms with Gasteiger partial charge < -0.3 is 15.2 Å². The average molecular weight is 390 g/mol. The quantitative estimate of drug-likeness (QED) is 0.796. The molecule has 1 aromatic carbocycles. The fourth-order valence-corrected chi connectivity index (χ4v) is 3.43. The molecule has 0 radical (unpaired) electrons. The van der Waals surface area contributed by atoms with Crippen molar-refractivity contribution in [3.05, 3.63) is 53.1 Å². The molecule has 0 bridgehead atoms. The number of nitrogens with zero attached hydrogens (tertiary/aromatic N) is 2. The highest BCUT2D eigenvalue weighted by Gasteiger charge is 2.26. The summed E-state index contributed by atoms with van der Waals surface area (Å²) >= 11 is 0. The molecule has 2 heterocycles. The number of hydrogen-bond acceptors (Lipinski definition) is 3. The van der Waals surface area contributed by atoms with Crippen LogP contribution in [0, 0.1) is 24.5 Å². The van der Waals surface area contributed by atoms with Crippen molar-refractivity contribution >= 4 is 11.8 Å². The van der Waals surface area contributed by atoms with Gasteiger partial charge in [0.15, 0.2) is 17.5 Å². The molecule has 3 rings (SSSR count). The predicted octanol–water partition coefficient (Wildman–Crippen LogP) is 2.95. The largest absolute Gasteiger partial charge is 0.352 e. The number of halogens is 2. The Kier molecular flexibility index (Phi) is 6.38. The lowest BCUT2D eigenvalue weighted by atomic mass is 9.93. The van der Waals surface area contributed by atoms with Gasteiger partial charge in [0, 0.05) is 37.9 Å². The predicted molar refractivity (Wildman–Crippen MR) is 99.4 cm³/mol. The Hall–Kier alpha value is -2.77. The first kappa shape index (κ1) is 20.0. The Morgan fingerprint density at radius 2 is 2.14 bits per heavy atom. The topological polar surface area (TPSA) is 78.1 Å². The number of likely N-dealkylation sites (tertiary alicyclic amines) is 1. The molecular weight excluding hydrogens is 366 g/mol. The molecule has 28 heavy (non-hydrogen) atoms. The van der Waals surface area contributed by atoms with E-state index in [0.717, 1.165) is 30.7 Å². The van der Waals surface area contributed by atoms with Crippen LogP contribution in [0.3, 0.4) is 0 Å². The van der Waals surface area contributed by atoms with Crippen LogP contribution in [0.4, 0.5) is 8.78 Å². The Morgan fingerprint density at radius 1 is 1.32 bits per heavy atom. The molecule has 2 aromatic rings. The van der Waals surface area contributed by atoms with Crippen molar-refractivity contribution in [2.24, 2.45) is 5.92 Å². The van der Waals surface area contributed by atoms with Gasteiger partial charge >= 0.3 is 0 Å². The summed E-state index contributed by atoms with van der Waals surface area (Å²) < 4.78 is 26.1. The fourth-order valence-electron chi connectivity index (χ4n) is 3.43. The summed E-state index contributed by atoms with van der Waals surface area (Å²) in [6.45, 7) is 3.30. The van der Waals surface area contributed by atoms with E-state index in [-0.39, 0.29) is 24.3 Å². The number of rotatable bonds is 6. The van der Waals surface area contributed by atoms with Gasteiger partial charge in [-0.15, -0.1) is 0 Å². The number of aromatic nitrogens is 2. The first-order chi connectivity index (χ1) is 13.4. The second kappa shape index (κ2) is 8.95. The zero-order valence-electron chi connectivity index (χ0n) is 15.8. The minimum absolute atomic E-state index is 0.111. The summed E-state index contributed by atoms with van der Waals surface area (Å²) in [5.41, 5.74) is 1.35. The van der Waals surface area contributed by atoms with Crippen LogP contribution in [-0.4, -0.2) is 39.8 Å². The molecule has 2 amide bonds. The van der Waals surface area contributed by atoms with E-state index < -0.39 is 11.6 Å². The third kappa shape index (κ3) is 5.15. The minimum Gasteiger partial charge on any atom is -0.352 e. The molecule has 1 fully saturated rings. The zero-order valence-corrected chi connectivity index (χ0v) is 15.8. The maximum atomic E-state index is 13.2. The van der Waals surface area contributed by atoms with Gasteiger partial charge in [-0.05, 0) is 49.8 Å². The number of hydrogen-bond donors (Lipinski definition) is 2. The second-order valence-electron chi connectivity index (χ2n) is 7.24. The lowest BCUT2D eigenvalue weighted by Crippen LogP contribution is -2.40. The van der Waals surface area contributed by atoms with E-state index in [1.807, 2.05) is 6.92 Å². The number of carbonyl (C=O) groups is 2. The summed E-state index contributed by atoms with van der Waals surface area (Å²) in [5, 5.41) is 2.72. The van der Waals surface area contributed by atoms with Crippen molar-refractivity contribution < 1.29 is 18.4 Å². The van der Waals surface area contributed by atoms with Crippen molar-refractivity contribution in [1.82, 2.24) is 20.2 Å². The van der Waals surface area contributed by atoms with E-state index in [1.54, 1.807) is 11.1 Å². The Bertz CT molecular complexity index is 852. The van der Waals surface area contributed by atoms with Gasteiger partial charge in [0.1, 0.15) is 0 Å². The van der Waals surface area contributed by atoms with Crippen LogP contribution in [0.15, 0.2) is 24.4 Å². The molecule has 1 aliphatic rings. The highest BCUT2D eigenvalue weighted by molar-refractivity contribution is 5.90. The van der Waals surface area contributed by atoms with Gasteiger partial charge in [0.2, 0.25) is 5.91 Å². The summed E-state index contributed by atoms with van der Waals surface area (Å²) in [5.74, 6) is -1.48. The molecule has 2 N–H and O–H groups in total. The number of carbonyl (C=O) groups excluding carboxylic acids is 2. The first-order valence-corrected chi connectivity index (χ1v) is 9.44. The molecule has 1 saturated heterocycles. The first-order valence-electron chi connectivity index (χ1n) is 9.44. The molecule has 6 nitrogen and oxygen atoms in total. The van der Waals surface area contributed by atoms with Crippen LogP contribution in [0.25, 0.3) is 0 Å². The molecule has 0 unspecified atom stereocenters. The number of aryl methyl sites for hydroxylation is 1. The summed E-state index contributed by atoms with van der Waals surface area (Å²) in [6.07, 6.45) is 4.50. The van der Waals surface area contributed by atoms with Crippen LogP contribution in [-0.2, 0) is 11.3 Å². The zero-order chi connectivity index (χ0) is 20.1. The Labute approximate surface area is 162 Å². The number of aromatic amines is 1. The molecule has 0 spiro atoms. The number of amides is 2. The summed E-state index contributed by atoms with van der Waals surface area (Å²) in [4.78, 5) is 33.4. The third-order valence-electron chi connectivity index (χ3n) is 4.96.